The summed E-state index contributed by atoms with van der Waals surface area (Å²) in [5.74, 6) is 0.748. The number of hydrogen-bond acceptors (Lipinski definition) is 5. The molecule has 5 heteroatoms. The van der Waals surface area contributed by atoms with Crippen molar-refractivity contribution in [3.05, 3.63) is 29.8 Å². The molecule has 0 unspecified atom stereocenters. The standard InChI is InChI=1S/C21H33NO4/c1-6-19(25)15-7-9-18(10-8-15)26-14-17(24)13-22-20(2,3)11-16(23)12-21(22,4)5/h7-10,16-17,23-24H,6,11-14H2,1-5H3/t17-/m0/s1. The number of β-amino-alcohol motifs (C(OH)–C–C–N with tert-alkyl or cyclic N) is 1. The Labute approximate surface area is 157 Å². The molecule has 5 nitrogen and oxygen atoms in total. The Balaban J connectivity index is 1.93. The molecule has 1 aliphatic heterocycles. The van der Waals surface area contributed by atoms with Crippen molar-refractivity contribution >= 4 is 5.78 Å². The molecule has 0 aromatic heterocycles. The average Bonchev–Trinajstić information content (AvgIpc) is 2.55. The zero-order valence-electron chi connectivity index (χ0n) is 16.7. The van der Waals surface area contributed by atoms with Crippen LogP contribution in [0.1, 0.15) is 64.2 Å². The van der Waals surface area contributed by atoms with E-state index in [0.29, 0.717) is 37.1 Å². The van der Waals surface area contributed by atoms with Gasteiger partial charge in [0.05, 0.1) is 6.10 Å². The summed E-state index contributed by atoms with van der Waals surface area (Å²) in [5, 5.41) is 20.6. The fourth-order valence-electron chi connectivity index (χ4n) is 4.16. The van der Waals surface area contributed by atoms with Gasteiger partial charge in [0, 0.05) is 29.6 Å². The monoisotopic (exact) mass is 363 g/mol. The average molecular weight is 363 g/mol. The molecular weight excluding hydrogens is 330 g/mol. The molecule has 1 saturated heterocycles. The highest BCUT2D eigenvalue weighted by Crippen LogP contribution is 2.38. The molecule has 1 fully saturated rings. The number of Topliss-reactive ketones (excluding diaryl/α,β-unsaturated/α-hetero) is 1. The van der Waals surface area contributed by atoms with Crippen LogP contribution >= 0.6 is 0 Å². The van der Waals surface area contributed by atoms with Gasteiger partial charge in [-0.2, -0.15) is 0 Å². The third kappa shape index (κ3) is 5.06. The molecule has 1 atom stereocenters. The van der Waals surface area contributed by atoms with Crippen LogP contribution in [-0.4, -0.2) is 57.3 Å². The molecular formula is C21H33NO4. The zero-order chi connectivity index (χ0) is 19.5. The molecule has 0 saturated carbocycles. The van der Waals surface area contributed by atoms with Crippen LogP contribution in [-0.2, 0) is 0 Å². The maximum atomic E-state index is 11.7. The highest BCUT2D eigenvalue weighted by atomic mass is 16.5. The lowest BCUT2D eigenvalue weighted by atomic mass is 9.78. The molecule has 1 heterocycles. The van der Waals surface area contributed by atoms with E-state index in [0.717, 1.165) is 0 Å². The molecule has 2 rings (SSSR count). The van der Waals surface area contributed by atoms with Crippen molar-refractivity contribution < 1.29 is 19.7 Å². The summed E-state index contributed by atoms with van der Waals surface area (Å²) in [6.07, 6.45) is 0.915. The number of aliphatic hydroxyl groups excluding tert-OH is 2. The first-order valence-electron chi connectivity index (χ1n) is 9.45. The lowest BCUT2D eigenvalue weighted by molar-refractivity contribution is -0.1000. The predicted molar refractivity (Wildman–Crippen MR) is 103 cm³/mol. The number of rotatable bonds is 7. The van der Waals surface area contributed by atoms with Gasteiger partial charge in [0.25, 0.3) is 0 Å². The van der Waals surface area contributed by atoms with Gasteiger partial charge in [-0.05, 0) is 64.8 Å². The molecule has 1 aromatic rings. The number of benzene rings is 1. The normalized spacial score (nSPS) is 21.3. The largest absolute Gasteiger partial charge is 0.491 e. The molecule has 2 N–H and O–H groups in total. The molecule has 0 amide bonds. The number of likely N-dealkylation sites (tertiary alicyclic amines) is 1. The minimum atomic E-state index is -0.638. The number of piperidine rings is 1. The van der Waals surface area contributed by atoms with Gasteiger partial charge >= 0.3 is 0 Å². The van der Waals surface area contributed by atoms with E-state index >= 15 is 0 Å². The van der Waals surface area contributed by atoms with Gasteiger partial charge in [0.2, 0.25) is 0 Å². The first-order valence-corrected chi connectivity index (χ1v) is 9.45. The van der Waals surface area contributed by atoms with Crippen molar-refractivity contribution in [3.63, 3.8) is 0 Å². The molecule has 26 heavy (non-hydrogen) atoms. The Hall–Kier alpha value is -1.43. The predicted octanol–water partition coefficient (Wildman–Crippen LogP) is 3.03. The van der Waals surface area contributed by atoms with E-state index in [1.807, 2.05) is 6.92 Å². The smallest absolute Gasteiger partial charge is 0.162 e. The maximum absolute atomic E-state index is 11.7. The van der Waals surface area contributed by atoms with E-state index in [2.05, 4.69) is 32.6 Å². The fraction of sp³-hybridized carbons (Fsp3) is 0.667. The van der Waals surface area contributed by atoms with Crippen LogP contribution in [0, 0.1) is 0 Å². The third-order valence-corrected chi connectivity index (χ3v) is 5.26. The Morgan fingerprint density at radius 3 is 2.23 bits per heavy atom. The molecule has 1 aromatic carbocycles. The number of carbonyl (C=O) groups excluding carboxylic acids is 1. The second-order valence-corrected chi connectivity index (χ2v) is 8.56. The highest BCUT2D eigenvalue weighted by molar-refractivity contribution is 5.95. The van der Waals surface area contributed by atoms with Gasteiger partial charge in [-0.25, -0.2) is 0 Å². The topological polar surface area (TPSA) is 70.0 Å². The van der Waals surface area contributed by atoms with Crippen molar-refractivity contribution in [1.29, 1.82) is 0 Å². The molecule has 0 radical (unpaired) electrons. The summed E-state index contributed by atoms with van der Waals surface area (Å²) in [5.41, 5.74) is 0.296. The first kappa shape index (κ1) is 20.9. The SMILES string of the molecule is CCC(=O)c1ccc(OC[C@@H](O)CN2C(C)(C)CC(O)CC2(C)C)cc1. The molecule has 0 bridgehead atoms. The Morgan fingerprint density at radius 1 is 1.19 bits per heavy atom. The van der Waals surface area contributed by atoms with Gasteiger partial charge in [-0.1, -0.05) is 6.92 Å². The number of ether oxygens (including phenoxy) is 1. The van der Waals surface area contributed by atoms with E-state index in [9.17, 15) is 15.0 Å². The molecule has 146 valence electrons. The van der Waals surface area contributed by atoms with Crippen molar-refractivity contribution in [2.24, 2.45) is 0 Å². The quantitative estimate of drug-likeness (QED) is 0.729. The molecule has 0 aliphatic carbocycles. The van der Waals surface area contributed by atoms with Gasteiger partial charge in [-0.15, -0.1) is 0 Å². The Morgan fingerprint density at radius 2 is 1.73 bits per heavy atom. The van der Waals surface area contributed by atoms with Crippen LogP contribution in [0.5, 0.6) is 5.75 Å². The van der Waals surface area contributed by atoms with Crippen LogP contribution < -0.4 is 4.74 Å². The minimum absolute atomic E-state index is 0.105. The zero-order valence-corrected chi connectivity index (χ0v) is 16.7. The maximum Gasteiger partial charge on any atom is 0.162 e. The second kappa shape index (κ2) is 8.07. The summed E-state index contributed by atoms with van der Waals surface area (Å²) < 4.78 is 5.70. The summed E-state index contributed by atoms with van der Waals surface area (Å²) in [7, 11) is 0. The van der Waals surface area contributed by atoms with E-state index in [4.69, 9.17) is 4.74 Å². The number of aliphatic hydroxyl groups is 2. The van der Waals surface area contributed by atoms with Crippen LogP contribution in [0.2, 0.25) is 0 Å². The number of ketones is 1. The summed E-state index contributed by atoms with van der Waals surface area (Å²) in [6, 6.07) is 7.04. The van der Waals surface area contributed by atoms with E-state index in [-0.39, 0.29) is 29.6 Å². The Kier molecular flexibility index (Phi) is 6.48. The lowest BCUT2D eigenvalue weighted by Gasteiger charge is -2.54. The second-order valence-electron chi connectivity index (χ2n) is 8.56. The van der Waals surface area contributed by atoms with Crippen molar-refractivity contribution in [3.8, 4) is 5.75 Å². The number of nitrogens with zero attached hydrogens (tertiary/aromatic N) is 1. The number of hydrogen-bond donors (Lipinski definition) is 2. The first-order chi connectivity index (χ1) is 12.0. The van der Waals surface area contributed by atoms with Crippen LogP contribution in [0.15, 0.2) is 24.3 Å². The van der Waals surface area contributed by atoms with Gasteiger partial charge in [0.1, 0.15) is 18.5 Å². The summed E-state index contributed by atoms with van der Waals surface area (Å²) in [4.78, 5) is 13.9. The third-order valence-electron chi connectivity index (χ3n) is 5.26. The van der Waals surface area contributed by atoms with Gasteiger partial charge in [0.15, 0.2) is 5.78 Å². The van der Waals surface area contributed by atoms with E-state index in [1.54, 1.807) is 24.3 Å². The fourth-order valence-corrected chi connectivity index (χ4v) is 4.16. The van der Waals surface area contributed by atoms with Gasteiger partial charge < -0.3 is 14.9 Å². The molecule has 1 aliphatic rings. The van der Waals surface area contributed by atoms with Crippen LogP contribution in [0.4, 0.5) is 0 Å². The minimum Gasteiger partial charge on any atom is -0.491 e. The lowest BCUT2D eigenvalue weighted by Crippen LogP contribution is -2.63. The van der Waals surface area contributed by atoms with Crippen LogP contribution in [0.3, 0.4) is 0 Å². The van der Waals surface area contributed by atoms with E-state index in [1.165, 1.54) is 0 Å². The van der Waals surface area contributed by atoms with Crippen LogP contribution in [0.25, 0.3) is 0 Å². The van der Waals surface area contributed by atoms with Crippen molar-refractivity contribution in [2.45, 2.75) is 77.2 Å². The summed E-state index contributed by atoms with van der Waals surface area (Å²) >= 11 is 0. The number of carbonyl (C=O) groups is 1. The van der Waals surface area contributed by atoms with Crippen molar-refractivity contribution in [2.75, 3.05) is 13.2 Å². The van der Waals surface area contributed by atoms with Crippen molar-refractivity contribution in [1.82, 2.24) is 4.90 Å². The summed E-state index contributed by atoms with van der Waals surface area (Å²) in [6.45, 7) is 10.9. The Bertz CT molecular complexity index is 591. The van der Waals surface area contributed by atoms with E-state index < -0.39 is 6.10 Å². The van der Waals surface area contributed by atoms with Gasteiger partial charge in [-0.3, -0.25) is 9.69 Å². The highest BCUT2D eigenvalue weighted by Gasteiger charge is 2.45. The molecule has 0 spiro atoms.